The molecule has 0 bridgehead atoms. The number of ether oxygens (including phenoxy) is 1. The molecule has 0 N–H and O–H groups in total. The number of esters is 1. The molecule has 1 heterocycles. The lowest BCUT2D eigenvalue weighted by Gasteiger charge is -2.43. The number of carbonyl (C=O) groups is 3. The van der Waals surface area contributed by atoms with Crippen molar-refractivity contribution in [3.63, 3.8) is 0 Å². The van der Waals surface area contributed by atoms with Crippen LogP contribution in [-0.4, -0.2) is 36.2 Å². The highest BCUT2D eigenvalue weighted by atomic mass is 35.5. The molecule has 1 aliphatic carbocycles. The molecule has 2 aromatic rings. The summed E-state index contributed by atoms with van der Waals surface area (Å²) < 4.78 is 5.14. The SMILES string of the molecule is CN(C(=O)COC(=O)c1cccs1)C1(c2ccccc2Cl)CCCCC1=O. The Morgan fingerprint density at radius 2 is 2.00 bits per heavy atom. The number of ketones is 1. The van der Waals surface area contributed by atoms with Gasteiger partial charge in [0, 0.05) is 24.1 Å². The quantitative estimate of drug-likeness (QED) is 0.704. The van der Waals surface area contributed by atoms with Crippen LogP contribution in [0.1, 0.15) is 40.9 Å². The van der Waals surface area contributed by atoms with Crippen molar-refractivity contribution in [3.8, 4) is 0 Å². The Morgan fingerprint density at radius 3 is 2.67 bits per heavy atom. The van der Waals surface area contributed by atoms with Crippen molar-refractivity contribution >= 4 is 40.6 Å². The molecular weight excluding hydrogens is 386 g/mol. The fourth-order valence-corrected chi connectivity index (χ4v) is 4.44. The smallest absolute Gasteiger partial charge is 0.348 e. The number of benzene rings is 1. The summed E-state index contributed by atoms with van der Waals surface area (Å²) in [5.74, 6) is -1.02. The topological polar surface area (TPSA) is 63.7 Å². The van der Waals surface area contributed by atoms with E-state index in [0.29, 0.717) is 28.3 Å². The molecule has 0 saturated heterocycles. The van der Waals surface area contributed by atoms with Crippen molar-refractivity contribution in [3.05, 3.63) is 57.2 Å². The first-order valence-corrected chi connectivity index (χ1v) is 9.98. The van der Waals surface area contributed by atoms with Crippen LogP contribution in [0.25, 0.3) is 0 Å². The average molecular weight is 406 g/mol. The molecule has 1 saturated carbocycles. The van der Waals surface area contributed by atoms with Crippen molar-refractivity contribution in [2.45, 2.75) is 31.2 Å². The van der Waals surface area contributed by atoms with E-state index in [1.807, 2.05) is 0 Å². The van der Waals surface area contributed by atoms with Gasteiger partial charge in [-0.1, -0.05) is 35.9 Å². The minimum absolute atomic E-state index is 0.0396. The van der Waals surface area contributed by atoms with Gasteiger partial charge in [-0.2, -0.15) is 0 Å². The van der Waals surface area contributed by atoms with Gasteiger partial charge >= 0.3 is 5.97 Å². The predicted octanol–water partition coefficient (Wildman–Crippen LogP) is 4.06. The molecule has 0 aliphatic heterocycles. The molecule has 1 amide bonds. The fourth-order valence-electron chi connectivity index (χ4n) is 3.53. The monoisotopic (exact) mass is 405 g/mol. The standard InChI is InChI=1S/C20H20ClNO4S/c1-22(18(24)13-26-19(25)16-9-6-12-27-16)20(11-5-4-10-17(20)23)14-7-2-3-8-15(14)21/h2-3,6-9,12H,4-5,10-11,13H2,1H3. The van der Waals surface area contributed by atoms with E-state index >= 15 is 0 Å². The van der Waals surface area contributed by atoms with Gasteiger partial charge in [0.1, 0.15) is 10.4 Å². The van der Waals surface area contributed by atoms with E-state index in [-0.39, 0.29) is 5.78 Å². The van der Waals surface area contributed by atoms with E-state index < -0.39 is 24.0 Å². The van der Waals surface area contributed by atoms with Crippen LogP contribution in [0.4, 0.5) is 0 Å². The highest BCUT2D eigenvalue weighted by Gasteiger charge is 2.47. The van der Waals surface area contributed by atoms with Crippen LogP contribution < -0.4 is 0 Å². The van der Waals surface area contributed by atoms with Crippen molar-refractivity contribution < 1.29 is 19.1 Å². The van der Waals surface area contributed by atoms with Crippen LogP contribution >= 0.6 is 22.9 Å². The summed E-state index contributed by atoms with van der Waals surface area (Å²) in [7, 11) is 1.58. The zero-order chi connectivity index (χ0) is 19.4. The van der Waals surface area contributed by atoms with Crippen LogP contribution in [0.5, 0.6) is 0 Å². The second-order valence-electron chi connectivity index (χ2n) is 6.48. The Kier molecular flexibility index (Phi) is 5.97. The van der Waals surface area contributed by atoms with E-state index in [2.05, 4.69) is 0 Å². The predicted molar refractivity (Wildman–Crippen MR) is 104 cm³/mol. The van der Waals surface area contributed by atoms with E-state index in [1.54, 1.807) is 48.8 Å². The minimum Gasteiger partial charge on any atom is -0.451 e. The lowest BCUT2D eigenvalue weighted by Crippen LogP contribution is -2.55. The third kappa shape index (κ3) is 3.77. The number of halogens is 1. The largest absolute Gasteiger partial charge is 0.451 e. The number of amides is 1. The fraction of sp³-hybridized carbons (Fsp3) is 0.350. The average Bonchev–Trinajstić information content (AvgIpc) is 3.21. The maximum absolute atomic E-state index is 13.0. The first-order chi connectivity index (χ1) is 13.0. The number of likely N-dealkylation sites (N-methyl/N-ethyl adjacent to an activating group) is 1. The van der Waals surface area contributed by atoms with Gasteiger partial charge in [-0.3, -0.25) is 9.59 Å². The van der Waals surface area contributed by atoms with Crippen LogP contribution in [0.3, 0.4) is 0 Å². The summed E-state index contributed by atoms with van der Waals surface area (Å²) in [5.41, 5.74) is -0.500. The van der Waals surface area contributed by atoms with Crippen molar-refractivity contribution in [2.75, 3.05) is 13.7 Å². The molecule has 3 rings (SSSR count). The van der Waals surface area contributed by atoms with Crippen LogP contribution in [0.15, 0.2) is 41.8 Å². The molecule has 1 atom stereocenters. The molecule has 1 aliphatic rings. The molecular formula is C20H20ClNO4S. The molecule has 1 aromatic carbocycles. The van der Waals surface area contributed by atoms with Crippen molar-refractivity contribution in [1.82, 2.24) is 4.90 Å². The molecule has 1 unspecified atom stereocenters. The van der Waals surface area contributed by atoms with Crippen LogP contribution in [0.2, 0.25) is 5.02 Å². The van der Waals surface area contributed by atoms with Gasteiger partial charge in [-0.25, -0.2) is 4.79 Å². The Balaban J connectivity index is 1.84. The van der Waals surface area contributed by atoms with Gasteiger partial charge in [0.2, 0.25) is 0 Å². The first kappa shape index (κ1) is 19.6. The summed E-state index contributed by atoms with van der Waals surface area (Å²) in [6, 6.07) is 10.5. The lowest BCUT2D eigenvalue weighted by molar-refractivity contribution is -0.150. The molecule has 1 fully saturated rings. The Labute approximate surface area is 166 Å². The van der Waals surface area contributed by atoms with Crippen molar-refractivity contribution in [1.29, 1.82) is 0 Å². The summed E-state index contributed by atoms with van der Waals surface area (Å²) >= 11 is 7.63. The number of nitrogens with zero attached hydrogens (tertiary/aromatic N) is 1. The Bertz CT molecular complexity index is 851. The van der Waals surface area contributed by atoms with E-state index in [9.17, 15) is 14.4 Å². The summed E-state index contributed by atoms with van der Waals surface area (Å²) in [5, 5.41) is 2.21. The van der Waals surface area contributed by atoms with Crippen molar-refractivity contribution in [2.24, 2.45) is 0 Å². The number of hydrogen-bond acceptors (Lipinski definition) is 5. The Hall–Kier alpha value is -2.18. The van der Waals surface area contributed by atoms with E-state index in [4.69, 9.17) is 16.3 Å². The normalized spacial score (nSPS) is 19.6. The second kappa shape index (κ2) is 8.23. The second-order valence-corrected chi connectivity index (χ2v) is 7.83. The number of hydrogen-bond donors (Lipinski definition) is 0. The summed E-state index contributed by atoms with van der Waals surface area (Å²) in [6.07, 6.45) is 2.48. The van der Waals surface area contributed by atoms with Gasteiger partial charge in [-0.15, -0.1) is 11.3 Å². The number of Topliss-reactive ketones (excluding diaryl/α,β-unsaturated/α-hetero) is 1. The van der Waals surface area contributed by atoms with Crippen LogP contribution in [0, 0.1) is 0 Å². The zero-order valence-electron chi connectivity index (χ0n) is 14.9. The minimum atomic E-state index is -1.12. The number of rotatable bonds is 5. The third-order valence-electron chi connectivity index (χ3n) is 4.97. The van der Waals surface area contributed by atoms with E-state index in [0.717, 1.165) is 12.8 Å². The van der Waals surface area contributed by atoms with Gasteiger partial charge in [0.05, 0.1) is 0 Å². The third-order valence-corrected chi connectivity index (χ3v) is 6.15. The lowest BCUT2D eigenvalue weighted by atomic mass is 9.74. The number of carbonyl (C=O) groups excluding carboxylic acids is 3. The van der Waals surface area contributed by atoms with Gasteiger partial charge in [-0.05, 0) is 36.8 Å². The van der Waals surface area contributed by atoms with Gasteiger partial charge < -0.3 is 9.64 Å². The van der Waals surface area contributed by atoms with Crippen LogP contribution in [-0.2, 0) is 19.9 Å². The molecule has 27 heavy (non-hydrogen) atoms. The maximum atomic E-state index is 13.0. The molecule has 5 nitrogen and oxygen atoms in total. The molecule has 0 spiro atoms. The zero-order valence-corrected chi connectivity index (χ0v) is 16.5. The van der Waals surface area contributed by atoms with E-state index in [1.165, 1.54) is 16.2 Å². The summed E-state index contributed by atoms with van der Waals surface area (Å²) in [6.45, 7) is -0.424. The number of thiophene rings is 1. The maximum Gasteiger partial charge on any atom is 0.348 e. The highest BCUT2D eigenvalue weighted by molar-refractivity contribution is 7.11. The molecule has 1 aromatic heterocycles. The first-order valence-electron chi connectivity index (χ1n) is 8.72. The Morgan fingerprint density at radius 1 is 1.22 bits per heavy atom. The molecule has 142 valence electrons. The van der Waals surface area contributed by atoms with Gasteiger partial charge in [0.15, 0.2) is 12.4 Å². The van der Waals surface area contributed by atoms with Gasteiger partial charge in [0.25, 0.3) is 5.91 Å². The molecule has 0 radical (unpaired) electrons. The summed E-state index contributed by atoms with van der Waals surface area (Å²) in [4.78, 5) is 39.6. The molecule has 7 heteroatoms. The highest BCUT2D eigenvalue weighted by Crippen LogP contribution is 2.42.